The quantitative estimate of drug-likeness (QED) is 0.608. The lowest BCUT2D eigenvalue weighted by Gasteiger charge is -2.19. The highest BCUT2D eigenvalue weighted by Crippen LogP contribution is 2.27. The third-order valence-corrected chi connectivity index (χ3v) is 8.15. The van der Waals surface area contributed by atoms with Crippen molar-refractivity contribution in [2.75, 3.05) is 20.2 Å². The smallest absolute Gasteiger partial charge is 0.243 e. The molecule has 0 aromatic heterocycles. The van der Waals surface area contributed by atoms with Crippen molar-refractivity contribution in [1.82, 2.24) is 9.62 Å². The van der Waals surface area contributed by atoms with Crippen molar-refractivity contribution in [1.29, 1.82) is 0 Å². The number of carbonyl (C=O) groups excluding carboxylic acids is 1. The Morgan fingerprint density at radius 1 is 1.09 bits per heavy atom. The summed E-state index contributed by atoms with van der Waals surface area (Å²) in [6.07, 6.45) is 3.23. The van der Waals surface area contributed by atoms with Crippen LogP contribution < -0.4 is 10.1 Å². The third-order valence-electron chi connectivity index (χ3n) is 6.25. The Labute approximate surface area is 192 Å². The average molecular weight is 459 g/mol. The zero-order valence-corrected chi connectivity index (χ0v) is 20.3. The molecule has 174 valence electrons. The van der Waals surface area contributed by atoms with Gasteiger partial charge in [0, 0.05) is 19.5 Å². The van der Waals surface area contributed by atoms with Crippen molar-refractivity contribution >= 4 is 15.9 Å². The first-order chi connectivity index (χ1) is 15.3. The Morgan fingerprint density at radius 2 is 1.81 bits per heavy atom. The Morgan fingerprint density at radius 3 is 2.44 bits per heavy atom. The summed E-state index contributed by atoms with van der Waals surface area (Å²) in [5.74, 6) is 0.532. The molecule has 1 aliphatic heterocycles. The maximum absolute atomic E-state index is 12.9. The Bertz CT molecular complexity index is 1060. The maximum Gasteiger partial charge on any atom is 0.243 e. The molecule has 1 saturated heterocycles. The highest BCUT2D eigenvalue weighted by Gasteiger charge is 2.28. The lowest BCUT2D eigenvalue weighted by Crippen LogP contribution is -2.29. The molecular weight excluding hydrogens is 424 g/mol. The fourth-order valence-corrected chi connectivity index (χ4v) is 5.67. The molecule has 0 spiro atoms. The molecular formula is C25H34N2O4S. The van der Waals surface area contributed by atoms with Gasteiger partial charge in [-0.25, -0.2) is 8.42 Å². The fraction of sp³-hybridized carbons (Fsp3) is 0.480. The van der Waals surface area contributed by atoms with Crippen molar-refractivity contribution in [2.24, 2.45) is 0 Å². The molecule has 1 aliphatic rings. The van der Waals surface area contributed by atoms with E-state index in [4.69, 9.17) is 4.74 Å². The maximum atomic E-state index is 12.9. The van der Waals surface area contributed by atoms with Gasteiger partial charge in [-0.3, -0.25) is 4.79 Å². The van der Waals surface area contributed by atoms with Crippen molar-refractivity contribution in [2.45, 2.75) is 63.8 Å². The van der Waals surface area contributed by atoms with E-state index in [-0.39, 0.29) is 23.3 Å². The summed E-state index contributed by atoms with van der Waals surface area (Å²) in [7, 11) is -1.96. The van der Waals surface area contributed by atoms with Crippen LogP contribution in [0, 0.1) is 13.8 Å². The van der Waals surface area contributed by atoms with Crippen LogP contribution in [0.3, 0.4) is 0 Å². The first kappa shape index (κ1) is 24.3. The molecule has 1 N–H and O–H groups in total. The molecule has 7 heteroatoms. The monoisotopic (exact) mass is 458 g/mol. The largest absolute Gasteiger partial charge is 0.496 e. The van der Waals surface area contributed by atoms with E-state index < -0.39 is 10.0 Å². The van der Waals surface area contributed by atoms with E-state index in [1.54, 1.807) is 25.3 Å². The minimum absolute atomic E-state index is 0.0504. The summed E-state index contributed by atoms with van der Waals surface area (Å²) in [5.41, 5.74) is 4.25. The molecule has 1 atom stereocenters. The fourth-order valence-electron chi connectivity index (χ4n) is 4.11. The highest BCUT2D eigenvalue weighted by atomic mass is 32.2. The Hall–Kier alpha value is -2.38. The molecule has 0 saturated carbocycles. The number of nitrogens with one attached hydrogen (secondary N) is 1. The number of amides is 1. The second kappa shape index (κ2) is 10.5. The minimum atomic E-state index is -3.51. The number of sulfonamides is 1. The number of aryl methyl sites for hydroxylation is 3. The molecule has 3 rings (SSSR count). The van der Waals surface area contributed by atoms with Gasteiger partial charge in [0.25, 0.3) is 0 Å². The van der Waals surface area contributed by atoms with Gasteiger partial charge >= 0.3 is 0 Å². The molecule has 1 amide bonds. The van der Waals surface area contributed by atoms with E-state index in [1.807, 2.05) is 0 Å². The van der Waals surface area contributed by atoms with Gasteiger partial charge in [-0.05, 0) is 80.0 Å². The summed E-state index contributed by atoms with van der Waals surface area (Å²) in [4.78, 5) is 13.0. The van der Waals surface area contributed by atoms with E-state index in [2.05, 4.69) is 44.3 Å². The van der Waals surface area contributed by atoms with Crippen LogP contribution in [0.1, 0.15) is 60.9 Å². The van der Waals surface area contributed by atoms with Crippen LogP contribution >= 0.6 is 0 Å². The number of hydrogen-bond donors (Lipinski definition) is 1. The van der Waals surface area contributed by atoms with E-state index in [0.717, 1.165) is 30.4 Å². The van der Waals surface area contributed by atoms with Crippen LogP contribution in [0.5, 0.6) is 5.75 Å². The standard InChI is InChI=1S/C25H34N2O4S/c1-5-23(20-9-8-18(2)19(3)16-20)26-25(28)13-10-21-17-22(11-12-24(21)31-4)32(29,30)27-14-6-7-15-27/h8-9,11-12,16-17,23H,5-7,10,13-15H2,1-4H3,(H,26,28)/t23-/m0/s1. The molecule has 0 aliphatic carbocycles. The normalized spacial score (nSPS) is 15.5. The lowest BCUT2D eigenvalue weighted by atomic mass is 9.99. The predicted octanol–water partition coefficient (Wildman–Crippen LogP) is 4.30. The number of ether oxygens (including phenoxy) is 1. The highest BCUT2D eigenvalue weighted by molar-refractivity contribution is 7.89. The van der Waals surface area contributed by atoms with Gasteiger partial charge in [-0.2, -0.15) is 4.31 Å². The van der Waals surface area contributed by atoms with E-state index >= 15 is 0 Å². The van der Waals surface area contributed by atoms with Crippen molar-refractivity contribution in [3.8, 4) is 5.75 Å². The number of carbonyl (C=O) groups is 1. The second-order valence-electron chi connectivity index (χ2n) is 8.46. The summed E-state index contributed by atoms with van der Waals surface area (Å²) >= 11 is 0. The molecule has 0 radical (unpaired) electrons. The van der Waals surface area contributed by atoms with Gasteiger partial charge in [0.05, 0.1) is 18.0 Å². The summed E-state index contributed by atoms with van der Waals surface area (Å²) in [6.45, 7) is 7.31. The number of hydrogen-bond acceptors (Lipinski definition) is 4. The van der Waals surface area contributed by atoms with Gasteiger partial charge in [-0.15, -0.1) is 0 Å². The van der Waals surface area contributed by atoms with Gasteiger partial charge in [-0.1, -0.05) is 25.1 Å². The van der Waals surface area contributed by atoms with Crippen LogP contribution in [0.2, 0.25) is 0 Å². The van der Waals surface area contributed by atoms with E-state index in [9.17, 15) is 13.2 Å². The second-order valence-corrected chi connectivity index (χ2v) is 10.4. The third kappa shape index (κ3) is 5.51. The first-order valence-electron chi connectivity index (χ1n) is 11.3. The van der Waals surface area contributed by atoms with Gasteiger partial charge < -0.3 is 10.1 Å². The Balaban J connectivity index is 1.70. The molecule has 1 heterocycles. The molecule has 1 fully saturated rings. The molecule has 2 aromatic carbocycles. The Kier molecular flexibility index (Phi) is 7.96. The molecule has 0 unspecified atom stereocenters. The molecule has 32 heavy (non-hydrogen) atoms. The number of methoxy groups -OCH3 is 1. The van der Waals surface area contributed by atoms with Crippen LogP contribution in [-0.2, 0) is 21.2 Å². The van der Waals surface area contributed by atoms with E-state index in [0.29, 0.717) is 25.3 Å². The van der Waals surface area contributed by atoms with Gasteiger partial charge in [0.2, 0.25) is 15.9 Å². The number of rotatable bonds is 9. The molecule has 6 nitrogen and oxygen atoms in total. The van der Waals surface area contributed by atoms with Crippen LogP contribution in [-0.4, -0.2) is 38.8 Å². The summed E-state index contributed by atoms with van der Waals surface area (Å²) in [6, 6.07) is 11.1. The molecule has 0 bridgehead atoms. The van der Waals surface area contributed by atoms with Crippen molar-refractivity contribution in [3.63, 3.8) is 0 Å². The minimum Gasteiger partial charge on any atom is -0.496 e. The SMILES string of the molecule is CC[C@H](NC(=O)CCc1cc(S(=O)(=O)N2CCCC2)ccc1OC)c1ccc(C)c(C)c1. The zero-order valence-electron chi connectivity index (χ0n) is 19.5. The number of nitrogens with zero attached hydrogens (tertiary/aromatic N) is 1. The average Bonchev–Trinajstić information content (AvgIpc) is 3.33. The summed E-state index contributed by atoms with van der Waals surface area (Å²) in [5, 5.41) is 3.12. The van der Waals surface area contributed by atoms with Crippen LogP contribution in [0.15, 0.2) is 41.3 Å². The van der Waals surface area contributed by atoms with Crippen molar-refractivity contribution < 1.29 is 17.9 Å². The topological polar surface area (TPSA) is 75.7 Å². The van der Waals surface area contributed by atoms with Crippen molar-refractivity contribution in [3.05, 3.63) is 58.7 Å². The van der Waals surface area contributed by atoms with Gasteiger partial charge in [0.15, 0.2) is 0 Å². The lowest BCUT2D eigenvalue weighted by molar-refractivity contribution is -0.121. The first-order valence-corrected chi connectivity index (χ1v) is 12.7. The molecule has 2 aromatic rings. The van der Waals surface area contributed by atoms with Crippen LogP contribution in [0.25, 0.3) is 0 Å². The summed E-state index contributed by atoms with van der Waals surface area (Å²) < 4.78 is 32.8. The predicted molar refractivity (Wildman–Crippen MR) is 126 cm³/mol. The van der Waals surface area contributed by atoms with Gasteiger partial charge in [0.1, 0.15) is 5.75 Å². The number of benzene rings is 2. The zero-order chi connectivity index (χ0) is 23.3. The van der Waals surface area contributed by atoms with E-state index in [1.165, 1.54) is 15.4 Å². The van der Waals surface area contributed by atoms with Crippen LogP contribution in [0.4, 0.5) is 0 Å².